The predicted octanol–water partition coefficient (Wildman–Crippen LogP) is 4.55. The Morgan fingerprint density at radius 3 is 2.39 bits per heavy atom. The van der Waals surface area contributed by atoms with E-state index >= 15 is 0 Å². The smallest absolute Gasteiger partial charge is 0.131 e. The molecule has 4 rings (SSSR count). The van der Waals surface area contributed by atoms with Crippen LogP contribution in [0.2, 0.25) is 0 Å². The molecule has 0 atom stereocenters. The highest BCUT2D eigenvalue weighted by Crippen LogP contribution is 2.41. The Labute approximate surface area is 105 Å². The van der Waals surface area contributed by atoms with E-state index in [4.69, 9.17) is 0 Å². The van der Waals surface area contributed by atoms with E-state index < -0.39 is 0 Å². The van der Waals surface area contributed by atoms with Gasteiger partial charge in [0.2, 0.25) is 0 Å². The average molecular weight is 234 g/mol. The summed E-state index contributed by atoms with van der Waals surface area (Å²) >= 11 is 0. The van der Waals surface area contributed by atoms with Gasteiger partial charge in [0.05, 0.1) is 0 Å². The van der Waals surface area contributed by atoms with Crippen molar-refractivity contribution in [2.24, 2.45) is 0 Å². The molecule has 18 heavy (non-hydrogen) atoms. The molecule has 0 aliphatic heterocycles. The molecule has 0 radical (unpaired) electrons. The third-order valence-electron chi connectivity index (χ3n) is 3.74. The second-order valence-electron chi connectivity index (χ2n) is 4.77. The molecule has 0 N–H and O–H groups in total. The zero-order valence-electron chi connectivity index (χ0n) is 9.78. The van der Waals surface area contributed by atoms with Gasteiger partial charge < -0.3 is 0 Å². The van der Waals surface area contributed by atoms with Crippen LogP contribution >= 0.6 is 0 Å². The van der Waals surface area contributed by atoms with Crippen molar-refractivity contribution in [2.45, 2.75) is 6.42 Å². The molecule has 3 aromatic carbocycles. The molecule has 3 aromatic rings. The second kappa shape index (κ2) is 3.42. The molecule has 86 valence electrons. The van der Waals surface area contributed by atoms with Crippen LogP contribution in [0.3, 0.4) is 0 Å². The van der Waals surface area contributed by atoms with Crippen LogP contribution in [-0.4, -0.2) is 0 Å². The van der Waals surface area contributed by atoms with E-state index in [1.807, 2.05) is 36.4 Å². The van der Waals surface area contributed by atoms with E-state index in [1.54, 1.807) is 6.07 Å². The molecule has 0 spiro atoms. The van der Waals surface area contributed by atoms with Gasteiger partial charge in [0.15, 0.2) is 0 Å². The lowest BCUT2D eigenvalue weighted by molar-refractivity contribution is 0.638. The minimum atomic E-state index is -0.114. The van der Waals surface area contributed by atoms with Crippen LogP contribution in [0, 0.1) is 5.82 Å². The minimum absolute atomic E-state index is 0.114. The first-order valence-corrected chi connectivity index (χ1v) is 6.13. The number of hydrogen-bond donors (Lipinski definition) is 0. The molecular formula is C17H11F. The second-order valence-corrected chi connectivity index (χ2v) is 4.77. The fourth-order valence-electron chi connectivity index (χ4n) is 2.97. The maximum atomic E-state index is 14.1. The molecule has 0 saturated heterocycles. The van der Waals surface area contributed by atoms with Crippen LogP contribution in [0.4, 0.5) is 4.39 Å². The summed E-state index contributed by atoms with van der Waals surface area (Å²) in [6, 6.07) is 17.8. The van der Waals surface area contributed by atoms with Gasteiger partial charge in [-0.05, 0) is 40.1 Å². The molecule has 0 aromatic heterocycles. The fourth-order valence-corrected chi connectivity index (χ4v) is 2.97. The fraction of sp³-hybridized carbons (Fsp3) is 0.0588. The van der Waals surface area contributed by atoms with Crippen molar-refractivity contribution in [1.29, 1.82) is 0 Å². The summed E-state index contributed by atoms with van der Waals surface area (Å²) in [6.07, 6.45) is 0.841. The molecule has 0 nitrogen and oxygen atoms in total. The number of halogens is 1. The van der Waals surface area contributed by atoms with Crippen molar-refractivity contribution in [2.75, 3.05) is 0 Å². The predicted molar refractivity (Wildman–Crippen MR) is 72.1 cm³/mol. The van der Waals surface area contributed by atoms with Crippen molar-refractivity contribution in [1.82, 2.24) is 0 Å². The number of fused-ring (bicyclic) bond motifs is 5. The number of hydrogen-bond acceptors (Lipinski definition) is 0. The summed E-state index contributed by atoms with van der Waals surface area (Å²) < 4.78 is 14.1. The third-order valence-corrected chi connectivity index (χ3v) is 3.74. The topological polar surface area (TPSA) is 0 Å². The zero-order valence-corrected chi connectivity index (χ0v) is 9.78. The molecule has 0 bridgehead atoms. The minimum Gasteiger partial charge on any atom is -0.206 e. The normalized spacial score (nSPS) is 12.5. The molecular weight excluding hydrogens is 223 g/mol. The lowest BCUT2D eigenvalue weighted by Crippen LogP contribution is -1.87. The Bertz CT molecular complexity index is 772. The van der Waals surface area contributed by atoms with Gasteiger partial charge in [0, 0.05) is 5.39 Å². The summed E-state index contributed by atoms with van der Waals surface area (Å²) in [5.41, 5.74) is 4.86. The van der Waals surface area contributed by atoms with Gasteiger partial charge in [-0.3, -0.25) is 0 Å². The van der Waals surface area contributed by atoms with Crippen LogP contribution in [0.1, 0.15) is 11.1 Å². The van der Waals surface area contributed by atoms with Gasteiger partial charge >= 0.3 is 0 Å². The maximum absolute atomic E-state index is 14.1. The maximum Gasteiger partial charge on any atom is 0.131 e. The first-order chi connectivity index (χ1) is 8.84. The van der Waals surface area contributed by atoms with Gasteiger partial charge in [0.1, 0.15) is 5.82 Å². The zero-order chi connectivity index (χ0) is 12.1. The van der Waals surface area contributed by atoms with Gasteiger partial charge in [-0.1, -0.05) is 48.5 Å². The van der Waals surface area contributed by atoms with Crippen molar-refractivity contribution >= 4 is 10.8 Å². The summed E-state index contributed by atoms with van der Waals surface area (Å²) in [6.45, 7) is 0. The summed E-state index contributed by atoms with van der Waals surface area (Å²) in [5, 5.41) is 1.74. The highest BCUT2D eigenvalue weighted by molar-refractivity contribution is 6.01. The van der Waals surface area contributed by atoms with Gasteiger partial charge in [0.25, 0.3) is 0 Å². The van der Waals surface area contributed by atoms with Crippen molar-refractivity contribution in [3.05, 3.63) is 71.5 Å². The quantitative estimate of drug-likeness (QED) is 0.418. The van der Waals surface area contributed by atoms with E-state index in [0.717, 1.165) is 17.4 Å². The largest absolute Gasteiger partial charge is 0.206 e. The van der Waals surface area contributed by atoms with Crippen LogP contribution in [0.5, 0.6) is 0 Å². The average Bonchev–Trinajstić information content (AvgIpc) is 2.77. The lowest BCUT2D eigenvalue weighted by Gasteiger charge is -2.07. The van der Waals surface area contributed by atoms with E-state index in [-0.39, 0.29) is 5.82 Å². The number of rotatable bonds is 0. The Morgan fingerprint density at radius 2 is 1.50 bits per heavy atom. The molecule has 0 unspecified atom stereocenters. The van der Waals surface area contributed by atoms with Crippen molar-refractivity contribution in [3.8, 4) is 11.1 Å². The summed E-state index contributed by atoms with van der Waals surface area (Å²) in [4.78, 5) is 0. The van der Waals surface area contributed by atoms with Crippen LogP contribution in [0.15, 0.2) is 54.6 Å². The van der Waals surface area contributed by atoms with Crippen molar-refractivity contribution in [3.63, 3.8) is 0 Å². The molecule has 1 heteroatoms. The van der Waals surface area contributed by atoms with E-state index in [2.05, 4.69) is 12.1 Å². The van der Waals surface area contributed by atoms with Crippen molar-refractivity contribution < 1.29 is 4.39 Å². The standard InChI is InChI=1S/C17H11F/c18-16-10-12-9-11-5-1-2-6-13(11)17(12)15-8-4-3-7-14(15)16/h1-8,10H,9H2. The summed E-state index contributed by atoms with van der Waals surface area (Å²) in [7, 11) is 0. The van der Waals surface area contributed by atoms with E-state index in [1.165, 1.54) is 16.7 Å². The molecule has 0 heterocycles. The molecule has 0 amide bonds. The first-order valence-electron chi connectivity index (χ1n) is 6.13. The summed E-state index contributed by atoms with van der Waals surface area (Å²) in [5.74, 6) is -0.114. The van der Waals surface area contributed by atoms with E-state index in [9.17, 15) is 4.39 Å². The van der Waals surface area contributed by atoms with Gasteiger partial charge in [-0.25, -0.2) is 4.39 Å². The Hall–Kier alpha value is -2.15. The van der Waals surface area contributed by atoms with Crippen LogP contribution in [0.25, 0.3) is 21.9 Å². The Kier molecular flexibility index (Phi) is 1.87. The monoisotopic (exact) mass is 234 g/mol. The lowest BCUT2D eigenvalue weighted by atomic mass is 9.97. The van der Waals surface area contributed by atoms with Gasteiger partial charge in [-0.15, -0.1) is 0 Å². The Balaban J connectivity index is 2.19. The Morgan fingerprint density at radius 1 is 0.778 bits per heavy atom. The third kappa shape index (κ3) is 1.19. The van der Waals surface area contributed by atoms with Crippen LogP contribution in [-0.2, 0) is 6.42 Å². The van der Waals surface area contributed by atoms with Crippen LogP contribution < -0.4 is 0 Å². The van der Waals surface area contributed by atoms with Gasteiger partial charge in [-0.2, -0.15) is 0 Å². The SMILES string of the molecule is Fc1cc2c(c3ccccc13)-c1ccccc1C2. The molecule has 0 fully saturated rings. The molecule has 1 aliphatic carbocycles. The molecule has 0 saturated carbocycles. The number of benzene rings is 3. The highest BCUT2D eigenvalue weighted by Gasteiger charge is 2.21. The highest BCUT2D eigenvalue weighted by atomic mass is 19.1. The molecule has 1 aliphatic rings. The first kappa shape index (κ1) is 9.84. The van der Waals surface area contributed by atoms with E-state index in [0.29, 0.717) is 5.39 Å².